The van der Waals surface area contributed by atoms with Crippen LogP contribution >= 0.6 is 11.3 Å². The van der Waals surface area contributed by atoms with E-state index in [2.05, 4.69) is 16.8 Å². The number of hydrogen-bond acceptors (Lipinski definition) is 3. The van der Waals surface area contributed by atoms with Gasteiger partial charge in [-0.05, 0) is 22.4 Å². The maximum atomic E-state index is 11.4. The number of carbonyl (C=O) groups is 1. The summed E-state index contributed by atoms with van der Waals surface area (Å²) >= 11 is 1.66. The van der Waals surface area contributed by atoms with Gasteiger partial charge in [0.15, 0.2) is 6.19 Å². The van der Waals surface area contributed by atoms with Gasteiger partial charge in [0.1, 0.15) is 0 Å². The standard InChI is InChI=1S/C12H9N3OS/c13-7-15-5-10(14-12(15)16)9-6-17-11-4-2-1-3-8(9)11/h1-4,6,10H,5H2,(H,14,16). The molecule has 1 aliphatic rings. The number of amides is 2. The molecule has 17 heavy (non-hydrogen) atoms. The first-order valence-corrected chi connectivity index (χ1v) is 6.11. The van der Waals surface area contributed by atoms with Crippen LogP contribution in [0.2, 0.25) is 0 Å². The Labute approximate surface area is 102 Å². The Bertz CT molecular complexity index is 628. The highest BCUT2D eigenvalue weighted by molar-refractivity contribution is 7.17. The fourth-order valence-corrected chi connectivity index (χ4v) is 3.08. The summed E-state index contributed by atoms with van der Waals surface area (Å²) < 4.78 is 1.20. The zero-order valence-electron chi connectivity index (χ0n) is 8.88. The largest absolute Gasteiger partial charge is 0.331 e. The third-order valence-electron chi connectivity index (χ3n) is 2.92. The van der Waals surface area contributed by atoms with Gasteiger partial charge >= 0.3 is 6.03 Å². The van der Waals surface area contributed by atoms with Gasteiger partial charge in [-0.25, -0.2) is 9.69 Å². The number of benzene rings is 1. The molecular weight excluding hydrogens is 234 g/mol. The van der Waals surface area contributed by atoms with E-state index in [1.807, 2.05) is 24.4 Å². The molecule has 1 N–H and O–H groups in total. The molecule has 4 nitrogen and oxygen atoms in total. The molecule has 0 saturated carbocycles. The second-order valence-corrected chi connectivity index (χ2v) is 4.81. The molecule has 0 bridgehead atoms. The monoisotopic (exact) mass is 243 g/mol. The summed E-state index contributed by atoms with van der Waals surface area (Å²) in [6.07, 6.45) is 1.88. The van der Waals surface area contributed by atoms with E-state index in [-0.39, 0.29) is 12.1 Å². The lowest BCUT2D eigenvalue weighted by Crippen LogP contribution is -2.23. The van der Waals surface area contributed by atoms with E-state index >= 15 is 0 Å². The molecule has 1 fully saturated rings. The topological polar surface area (TPSA) is 56.1 Å². The Kier molecular flexibility index (Phi) is 2.23. The van der Waals surface area contributed by atoms with Gasteiger partial charge in [0, 0.05) is 4.70 Å². The second kappa shape index (κ2) is 3.75. The quantitative estimate of drug-likeness (QED) is 0.782. The van der Waals surface area contributed by atoms with Crippen LogP contribution in [-0.4, -0.2) is 17.5 Å². The van der Waals surface area contributed by atoms with Crippen molar-refractivity contribution in [1.29, 1.82) is 5.26 Å². The van der Waals surface area contributed by atoms with Crippen LogP contribution in [0.5, 0.6) is 0 Å². The highest BCUT2D eigenvalue weighted by Gasteiger charge is 2.31. The van der Waals surface area contributed by atoms with Gasteiger partial charge < -0.3 is 5.32 Å². The number of fused-ring (bicyclic) bond motifs is 1. The average molecular weight is 243 g/mol. The predicted octanol–water partition coefficient (Wildman–Crippen LogP) is 2.45. The van der Waals surface area contributed by atoms with Crippen molar-refractivity contribution in [2.24, 2.45) is 0 Å². The molecule has 1 aromatic heterocycles. The smallest absolute Gasteiger partial charge is 0.328 e. The van der Waals surface area contributed by atoms with Crippen molar-refractivity contribution >= 4 is 27.5 Å². The highest BCUT2D eigenvalue weighted by atomic mass is 32.1. The normalized spacial score (nSPS) is 19.4. The van der Waals surface area contributed by atoms with Gasteiger partial charge in [-0.15, -0.1) is 11.3 Å². The van der Waals surface area contributed by atoms with Crippen molar-refractivity contribution in [3.8, 4) is 6.19 Å². The summed E-state index contributed by atoms with van der Waals surface area (Å²) in [6.45, 7) is 0.413. The number of rotatable bonds is 1. The number of carbonyl (C=O) groups excluding carboxylic acids is 1. The molecule has 1 saturated heterocycles. The summed E-state index contributed by atoms with van der Waals surface area (Å²) in [5, 5.41) is 14.8. The van der Waals surface area contributed by atoms with Gasteiger partial charge in [-0.1, -0.05) is 18.2 Å². The summed E-state index contributed by atoms with van der Waals surface area (Å²) in [5.41, 5.74) is 1.09. The maximum Gasteiger partial charge on any atom is 0.331 e. The van der Waals surface area contributed by atoms with Crippen molar-refractivity contribution in [2.45, 2.75) is 6.04 Å². The van der Waals surface area contributed by atoms with Gasteiger partial charge in [0.05, 0.1) is 12.6 Å². The van der Waals surface area contributed by atoms with Gasteiger partial charge in [0.25, 0.3) is 0 Å². The molecule has 2 amide bonds. The van der Waals surface area contributed by atoms with E-state index in [0.29, 0.717) is 6.54 Å². The highest BCUT2D eigenvalue weighted by Crippen LogP contribution is 2.32. The Balaban J connectivity index is 2.01. The Hall–Kier alpha value is -2.06. The molecule has 2 heterocycles. The van der Waals surface area contributed by atoms with Gasteiger partial charge in [-0.3, -0.25) is 0 Å². The molecule has 84 valence electrons. The third-order valence-corrected chi connectivity index (χ3v) is 3.90. The van der Waals surface area contributed by atoms with Crippen molar-refractivity contribution in [3.63, 3.8) is 0 Å². The lowest BCUT2D eigenvalue weighted by molar-refractivity contribution is 0.232. The number of nitrogens with one attached hydrogen (secondary N) is 1. The molecule has 0 spiro atoms. The molecule has 3 rings (SSSR count). The second-order valence-electron chi connectivity index (χ2n) is 3.90. The number of urea groups is 1. The van der Waals surface area contributed by atoms with Crippen molar-refractivity contribution in [3.05, 3.63) is 35.2 Å². The van der Waals surface area contributed by atoms with Crippen molar-refractivity contribution in [1.82, 2.24) is 10.2 Å². The summed E-state index contributed by atoms with van der Waals surface area (Å²) in [7, 11) is 0. The van der Waals surface area contributed by atoms with Crippen LogP contribution in [0.1, 0.15) is 11.6 Å². The van der Waals surface area contributed by atoms with Crippen LogP contribution in [0.15, 0.2) is 29.6 Å². The molecule has 0 aliphatic carbocycles. The molecule has 0 radical (unpaired) electrons. The minimum atomic E-state index is -0.312. The minimum absolute atomic E-state index is 0.0849. The van der Waals surface area contributed by atoms with Gasteiger partial charge in [0.2, 0.25) is 0 Å². The van der Waals surface area contributed by atoms with E-state index < -0.39 is 0 Å². The minimum Gasteiger partial charge on any atom is -0.328 e. The molecular formula is C12H9N3OS. The lowest BCUT2D eigenvalue weighted by Gasteiger charge is -2.07. The summed E-state index contributed by atoms with van der Waals surface area (Å²) in [6, 6.07) is 7.69. The maximum absolute atomic E-state index is 11.4. The van der Waals surface area contributed by atoms with Crippen LogP contribution < -0.4 is 5.32 Å². The lowest BCUT2D eigenvalue weighted by atomic mass is 10.1. The summed E-state index contributed by atoms with van der Waals surface area (Å²) in [4.78, 5) is 12.6. The molecule has 5 heteroatoms. The van der Waals surface area contributed by atoms with Gasteiger partial charge in [-0.2, -0.15) is 5.26 Å². The van der Waals surface area contributed by atoms with Crippen LogP contribution in [0.25, 0.3) is 10.1 Å². The van der Waals surface area contributed by atoms with Crippen molar-refractivity contribution < 1.29 is 4.79 Å². The number of nitriles is 1. The molecule has 1 unspecified atom stereocenters. The van der Waals surface area contributed by atoms with Crippen LogP contribution in [0.3, 0.4) is 0 Å². The zero-order valence-corrected chi connectivity index (χ0v) is 9.70. The van der Waals surface area contributed by atoms with Crippen molar-refractivity contribution in [2.75, 3.05) is 6.54 Å². The Morgan fingerprint density at radius 3 is 3.06 bits per heavy atom. The Morgan fingerprint density at radius 1 is 1.47 bits per heavy atom. The van der Waals surface area contributed by atoms with E-state index in [1.165, 1.54) is 4.70 Å². The third kappa shape index (κ3) is 1.54. The fourth-order valence-electron chi connectivity index (χ4n) is 2.07. The first kappa shape index (κ1) is 10.1. The molecule has 1 aromatic carbocycles. The van der Waals surface area contributed by atoms with E-state index in [0.717, 1.165) is 15.8 Å². The summed E-state index contributed by atoms with van der Waals surface area (Å²) in [5.74, 6) is 0. The van der Waals surface area contributed by atoms with E-state index in [1.54, 1.807) is 11.3 Å². The average Bonchev–Trinajstić information content (AvgIpc) is 2.92. The Morgan fingerprint density at radius 2 is 2.29 bits per heavy atom. The zero-order chi connectivity index (χ0) is 11.8. The number of thiophene rings is 1. The molecule has 1 atom stereocenters. The number of nitrogens with zero attached hydrogens (tertiary/aromatic N) is 2. The van der Waals surface area contributed by atoms with E-state index in [4.69, 9.17) is 5.26 Å². The predicted molar refractivity (Wildman–Crippen MR) is 65.4 cm³/mol. The SMILES string of the molecule is N#CN1CC(c2csc3ccccc23)NC1=O. The first-order valence-electron chi connectivity index (χ1n) is 5.23. The molecule has 1 aliphatic heterocycles. The van der Waals surface area contributed by atoms with Crippen LogP contribution in [0.4, 0.5) is 4.79 Å². The first-order chi connectivity index (χ1) is 8.29. The number of hydrogen-bond donors (Lipinski definition) is 1. The fraction of sp³-hybridized carbons (Fsp3) is 0.167. The molecule has 2 aromatic rings. The van der Waals surface area contributed by atoms with E-state index in [9.17, 15) is 4.79 Å². The van der Waals surface area contributed by atoms with Crippen LogP contribution in [-0.2, 0) is 0 Å². The van der Waals surface area contributed by atoms with Crippen LogP contribution in [0, 0.1) is 11.5 Å².